The van der Waals surface area contributed by atoms with Crippen LogP contribution in [-0.4, -0.2) is 69.6 Å². The number of unbranched alkanes of at least 4 members (excludes halogenated alkanes) is 4. The smallest absolute Gasteiger partial charge is 0.311 e. The van der Waals surface area contributed by atoms with E-state index in [1.807, 2.05) is 25.1 Å². The molecule has 0 aliphatic carbocycles. The SMILES string of the molecule is C=CCCCCOC(=O)[C@H]1[C@H]2C(=O)N(CCCCCO)C(C(=O)N(CC=C)c3c(C)cccc3Cl)C23CC[C@]1(C)S3. The van der Waals surface area contributed by atoms with Gasteiger partial charge in [-0.3, -0.25) is 14.4 Å². The summed E-state index contributed by atoms with van der Waals surface area (Å²) < 4.78 is 4.55. The van der Waals surface area contributed by atoms with Gasteiger partial charge < -0.3 is 19.6 Å². The Bertz CT molecular complexity index is 1160. The number of carbonyl (C=O) groups excluding carboxylic acids is 3. The molecule has 7 nitrogen and oxygen atoms in total. The number of nitrogens with zero attached hydrogens (tertiary/aromatic N) is 2. The summed E-state index contributed by atoms with van der Waals surface area (Å²) in [6, 6.07) is 4.78. The van der Waals surface area contributed by atoms with E-state index in [-0.39, 0.29) is 30.9 Å². The molecule has 1 N–H and O–H groups in total. The van der Waals surface area contributed by atoms with Crippen molar-refractivity contribution < 1.29 is 24.2 Å². The molecule has 3 aliphatic heterocycles. The number of thioether (sulfide) groups is 1. The monoisotopic (exact) mass is 602 g/mol. The van der Waals surface area contributed by atoms with Crippen LogP contribution >= 0.6 is 23.4 Å². The van der Waals surface area contributed by atoms with Crippen LogP contribution in [-0.2, 0) is 19.1 Å². The van der Waals surface area contributed by atoms with Crippen LogP contribution in [0.5, 0.6) is 0 Å². The first-order valence-corrected chi connectivity index (χ1v) is 15.9. The lowest BCUT2D eigenvalue weighted by Gasteiger charge is -2.37. The molecule has 9 heteroatoms. The number of halogens is 1. The number of carbonyl (C=O) groups is 3. The molecular weight excluding hydrogens is 560 g/mol. The van der Waals surface area contributed by atoms with E-state index in [9.17, 15) is 19.5 Å². The number of rotatable bonds is 15. The standard InChI is InChI=1S/C32H43ClN2O5S/c1-5-7-8-12-21-40-30(39)25-24-28(37)35(19-10-9-11-20-36)27(32(24)17-16-31(25,4)41-32)29(38)34(18-6-2)26-22(3)14-13-15-23(26)33/h5-6,13-15,24-25,27,36H,1-2,7-12,16-21H2,3-4H3/t24-,25+,27?,31-,32?/m0/s1. The highest BCUT2D eigenvalue weighted by Gasteiger charge is 2.77. The summed E-state index contributed by atoms with van der Waals surface area (Å²) in [6.07, 6.45) is 9.43. The van der Waals surface area contributed by atoms with Gasteiger partial charge in [-0.2, -0.15) is 0 Å². The first-order valence-electron chi connectivity index (χ1n) is 14.7. The van der Waals surface area contributed by atoms with Gasteiger partial charge in [0.15, 0.2) is 0 Å². The van der Waals surface area contributed by atoms with Gasteiger partial charge in [0.25, 0.3) is 5.91 Å². The molecule has 0 aromatic heterocycles. The maximum absolute atomic E-state index is 14.7. The molecule has 5 atom stereocenters. The van der Waals surface area contributed by atoms with Crippen molar-refractivity contribution >= 4 is 46.8 Å². The third-order valence-electron chi connectivity index (χ3n) is 8.90. The van der Waals surface area contributed by atoms with Gasteiger partial charge in [-0.25, -0.2) is 0 Å². The number of allylic oxidation sites excluding steroid dienone is 1. The van der Waals surface area contributed by atoms with Gasteiger partial charge in [0.1, 0.15) is 6.04 Å². The topological polar surface area (TPSA) is 87.1 Å². The van der Waals surface area contributed by atoms with Gasteiger partial charge in [-0.15, -0.1) is 24.9 Å². The van der Waals surface area contributed by atoms with Crippen molar-refractivity contribution in [3.8, 4) is 0 Å². The van der Waals surface area contributed by atoms with Crippen molar-refractivity contribution in [3.05, 3.63) is 54.1 Å². The average molecular weight is 603 g/mol. The van der Waals surface area contributed by atoms with E-state index >= 15 is 0 Å². The molecule has 3 aliphatic rings. The molecule has 4 rings (SSSR count). The number of hydrogen-bond acceptors (Lipinski definition) is 6. The summed E-state index contributed by atoms with van der Waals surface area (Å²) in [5, 5.41) is 9.76. The van der Waals surface area contributed by atoms with E-state index in [0.717, 1.165) is 37.7 Å². The van der Waals surface area contributed by atoms with Crippen LogP contribution in [0.25, 0.3) is 0 Å². The minimum absolute atomic E-state index is 0.0800. The van der Waals surface area contributed by atoms with Gasteiger partial charge in [0.05, 0.1) is 33.9 Å². The quantitative estimate of drug-likeness (QED) is 0.157. The van der Waals surface area contributed by atoms with Crippen LogP contribution in [0.2, 0.25) is 5.02 Å². The Morgan fingerprint density at radius 1 is 1.20 bits per heavy atom. The van der Waals surface area contributed by atoms with Crippen LogP contribution < -0.4 is 4.90 Å². The van der Waals surface area contributed by atoms with Crippen LogP contribution in [0.15, 0.2) is 43.5 Å². The van der Waals surface area contributed by atoms with Gasteiger partial charge in [-0.05, 0) is 76.8 Å². The molecule has 2 unspecified atom stereocenters. The Labute approximate surface area is 253 Å². The molecule has 41 heavy (non-hydrogen) atoms. The maximum Gasteiger partial charge on any atom is 0.311 e. The summed E-state index contributed by atoms with van der Waals surface area (Å²) in [4.78, 5) is 46.0. The second-order valence-corrected chi connectivity index (χ2v) is 13.9. The largest absolute Gasteiger partial charge is 0.465 e. The highest BCUT2D eigenvalue weighted by Crippen LogP contribution is 2.71. The minimum atomic E-state index is -0.748. The van der Waals surface area contributed by atoms with Gasteiger partial charge in [-0.1, -0.05) is 35.9 Å². The Balaban J connectivity index is 1.71. The number of benzene rings is 1. The predicted molar refractivity (Wildman–Crippen MR) is 165 cm³/mol. The fraction of sp³-hybridized carbons (Fsp3) is 0.594. The molecule has 3 saturated heterocycles. The fourth-order valence-electron chi connectivity index (χ4n) is 7.06. The zero-order chi connectivity index (χ0) is 29.8. The third-order valence-corrected chi connectivity index (χ3v) is 11.2. The van der Waals surface area contributed by atoms with Crippen molar-refractivity contribution in [1.82, 2.24) is 4.90 Å². The number of anilines is 1. The summed E-state index contributed by atoms with van der Waals surface area (Å²) in [6.45, 7) is 12.6. The number of esters is 1. The number of para-hydroxylation sites is 1. The first kappa shape index (κ1) is 31.6. The number of aliphatic hydroxyl groups is 1. The van der Waals surface area contributed by atoms with Crippen LogP contribution in [0.3, 0.4) is 0 Å². The summed E-state index contributed by atoms with van der Waals surface area (Å²) in [5.41, 5.74) is 1.47. The highest BCUT2D eigenvalue weighted by molar-refractivity contribution is 8.02. The average Bonchev–Trinajstić information content (AvgIpc) is 3.50. The molecular formula is C32H43ClN2O5S. The molecule has 3 heterocycles. The summed E-state index contributed by atoms with van der Waals surface area (Å²) in [5.74, 6) is -1.92. The van der Waals surface area contributed by atoms with E-state index < -0.39 is 27.4 Å². The molecule has 224 valence electrons. The van der Waals surface area contributed by atoms with Crippen molar-refractivity contribution in [2.24, 2.45) is 11.8 Å². The van der Waals surface area contributed by atoms with E-state index in [1.54, 1.807) is 33.7 Å². The number of hydrogen-bond donors (Lipinski definition) is 1. The summed E-state index contributed by atoms with van der Waals surface area (Å²) in [7, 11) is 0. The van der Waals surface area contributed by atoms with Crippen molar-refractivity contribution in [1.29, 1.82) is 0 Å². The highest BCUT2D eigenvalue weighted by atomic mass is 35.5. The van der Waals surface area contributed by atoms with Crippen LogP contribution in [0.4, 0.5) is 5.69 Å². The van der Waals surface area contributed by atoms with E-state index in [0.29, 0.717) is 43.1 Å². The lowest BCUT2D eigenvalue weighted by molar-refractivity contribution is -0.155. The normalized spacial score (nSPS) is 28.0. The number of likely N-dealkylation sites (tertiary alicyclic amines) is 1. The Morgan fingerprint density at radius 3 is 2.66 bits per heavy atom. The van der Waals surface area contributed by atoms with Crippen LogP contribution in [0, 0.1) is 18.8 Å². The number of amides is 2. The number of ether oxygens (including phenoxy) is 1. The predicted octanol–water partition coefficient (Wildman–Crippen LogP) is 5.71. The van der Waals surface area contributed by atoms with Gasteiger partial charge >= 0.3 is 5.97 Å². The first-order chi connectivity index (χ1) is 19.7. The summed E-state index contributed by atoms with van der Waals surface area (Å²) >= 11 is 8.28. The van der Waals surface area contributed by atoms with Gasteiger partial charge in [0, 0.05) is 24.4 Å². The molecule has 2 bridgehead atoms. The molecule has 1 aromatic rings. The molecule has 0 radical (unpaired) electrons. The van der Waals surface area contributed by atoms with E-state index in [1.165, 1.54) is 0 Å². The molecule has 1 aromatic carbocycles. The van der Waals surface area contributed by atoms with Crippen molar-refractivity contribution in [2.75, 3.05) is 31.2 Å². The van der Waals surface area contributed by atoms with E-state index in [4.69, 9.17) is 16.3 Å². The van der Waals surface area contributed by atoms with Gasteiger partial charge in [0.2, 0.25) is 5.91 Å². The lowest BCUT2D eigenvalue weighted by Crippen LogP contribution is -2.55. The Morgan fingerprint density at radius 2 is 1.98 bits per heavy atom. The zero-order valence-electron chi connectivity index (χ0n) is 24.3. The molecule has 2 amide bonds. The number of fused-ring (bicyclic) bond motifs is 1. The third kappa shape index (κ3) is 5.84. The molecule has 0 saturated carbocycles. The number of aliphatic hydroxyl groups excluding tert-OH is 1. The Kier molecular flexibility index (Phi) is 10.3. The molecule has 1 spiro atoms. The second-order valence-electron chi connectivity index (χ2n) is 11.6. The van der Waals surface area contributed by atoms with Crippen molar-refractivity contribution in [3.63, 3.8) is 0 Å². The lowest BCUT2D eigenvalue weighted by atomic mass is 9.66. The Hall–Kier alpha value is -2.29. The minimum Gasteiger partial charge on any atom is -0.465 e. The fourth-order valence-corrected chi connectivity index (χ4v) is 9.72. The maximum atomic E-state index is 14.7. The van der Waals surface area contributed by atoms with Crippen LogP contribution in [0.1, 0.15) is 63.9 Å². The number of aryl methyl sites for hydroxylation is 1. The molecule has 3 fully saturated rings. The zero-order valence-corrected chi connectivity index (χ0v) is 25.9. The van der Waals surface area contributed by atoms with Crippen molar-refractivity contribution in [2.45, 2.75) is 80.7 Å². The van der Waals surface area contributed by atoms with E-state index in [2.05, 4.69) is 20.1 Å². The second kappa shape index (κ2) is 13.3.